The van der Waals surface area contributed by atoms with Crippen molar-refractivity contribution in [3.63, 3.8) is 0 Å². The first kappa shape index (κ1) is 127. The van der Waals surface area contributed by atoms with Crippen molar-refractivity contribution in [2.75, 3.05) is 0 Å². The van der Waals surface area contributed by atoms with Gasteiger partial charge in [-0.2, -0.15) is 0 Å². The molecule has 2 aromatic rings. The van der Waals surface area contributed by atoms with Gasteiger partial charge in [0.2, 0.25) is 11.4 Å². The number of hydrogen-bond acceptors (Lipinski definition) is 0. The fourth-order valence-electron chi connectivity index (χ4n) is 21.0. The molecule has 0 radical (unpaired) electrons. The quantitative estimate of drug-likeness (QED) is 0.0273. The van der Waals surface area contributed by atoms with Gasteiger partial charge in [-0.15, -0.1) is 0 Å². The van der Waals surface area contributed by atoms with Crippen LogP contribution in [0.4, 0.5) is 0 Å². The van der Waals surface area contributed by atoms with E-state index >= 15 is 0 Å². The fourth-order valence-corrected chi connectivity index (χ4v) is 22.2. The Morgan fingerprint density at radius 2 is 0.361 bits per heavy atom. The van der Waals surface area contributed by atoms with Crippen molar-refractivity contribution in [1.29, 1.82) is 0 Å². The molecule has 133 heavy (non-hydrogen) atoms. The van der Waals surface area contributed by atoms with Gasteiger partial charge in [0, 0.05) is 23.1 Å². The fraction of sp³-hybridized carbons (Fsp3) is 0.862. The van der Waals surface area contributed by atoms with Crippen LogP contribution in [-0.2, 0) is 40.1 Å². The number of benzene rings is 2. The van der Waals surface area contributed by atoms with E-state index in [-0.39, 0.29) is 0 Å². The molecule has 0 N–H and O–H groups in total. The topological polar surface area (TPSA) is 25.3 Å². The molecule has 0 saturated heterocycles. The van der Waals surface area contributed by atoms with E-state index in [1.807, 2.05) is 0 Å². The van der Waals surface area contributed by atoms with Gasteiger partial charge in [0.15, 0.2) is 0 Å². The van der Waals surface area contributed by atoms with Crippen molar-refractivity contribution in [1.82, 2.24) is 0 Å². The maximum absolute atomic E-state index is 13.0. The number of allylic oxidation sites excluding steroid dienone is 2. The molecule has 1 aliphatic heterocycles. The molecule has 2 aromatic carbocycles. The molecule has 2 nitrogen and oxygen atoms in total. The molecule has 0 saturated carbocycles. The van der Waals surface area contributed by atoms with E-state index in [1.165, 1.54) is 653 Å². The van der Waals surface area contributed by atoms with E-state index in [0.717, 1.165) is 68.3 Å². The molecule has 0 unspecified atom stereocenters. The molecule has 0 aliphatic carbocycles. The SMILES string of the molecule is CCCCCCCCCCCCCCCCCCCCCCC#CC1=C(c2cc(CCCCCCCC)cc(CCCCCCCC)c2)[N+](=[N-])C(c2cc(CCCC)cc(CCCC)c2)=C1CCCCCCCC.CCCCCCCCCCCCCCCCCCCCCCCCCCCC[CH2][Ni][CH2]CCCCCCCCCCCCCCCCCCCCCCCCCCCC. The standard InChI is InChI=1S/C72H120N2.2C29H59.Ni/c1-7-13-19-23-27-28-29-30-31-32-33-34-35-36-37-38-39-40-41-42-46-50-56-70-69(55-49-45-26-22-16-10-4)71(67-59-63(51-17-11-5)57-64(60-67)52-18-12-6)74(73)72(70)68-61-65(53-47-43-24-20-14-8-2)58-66(62-68)54-48-44-25-21-15-9-3;2*1-3-5-7-9-11-13-15-17-19-21-23-25-27-29-28-26-24-22-20-18-16-14-12-10-8-6-4-2;/h57-62H,7-49,51-55H2,1-6H3;2*1,3-29H2,2H3;. The van der Waals surface area contributed by atoms with E-state index in [0.29, 0.717) is 0 Å². The van der Waals surface area contributed by atoms with Gasteiger partial charge in [-0.3, -0.25) is 0 Å². The minimum atomic E-state index is 0.926. The van der Waals surface area contributed by atoms with E-state index < -0.39 is 0 Å². The summed E-state index contributed by atoms with van der Waals surface area (Å²) in [5.74, 6) is 7.65. The summed E-state index contributed by atoms with van der Waals surface area (Å²) in [5.41, 5.74) is 25.4. The van der Waals surface area contributed by atoms with Crippen LogP contribution in [0.3, 0.4) is 0 Å². The van der Waals surface area contributed by atoms with E-state index in [1.54, 1.807) is 4.70 Å². The Balaban J connectivity index is 0.000000925. The number of unbranched alkanes of at least 4 members (excludes halogenated alkanes) is 89. The van der Waals surface area contributed by atoms with Gasteiger partial charge in [0.25, 0.3) is 0 Å². The second-order valence-corrected chi connectivity index (χ2v) is 44.8. The zero-order valence-electron chi connectivity index (χ0n) is 92.2. The Kier molecular flexibility index (Phi) is 98.9. The summed E-state index contributed by atoms with van der Waals surface area (Å²) in [4.78, 5) is 0. The van der Waals surface area contributed by atoms with Gasteiger partial charge < -0.3 is 5.53 Å². The summed E-state index contributed by atoms with van der Waals surface area (Å²) in [6, 6.07) is 14.7. The van der Waals surface area contributed by atoms with Gasteiger partial charge in [-0.25, -0.2) is 4.70 Å². The monoisotopic (exact) mass is 1890 g/mol. The molecule has 0 amide bonds. The van der Waals surface area contributed by atoms with Crippen LogP contribution in [0.2, 0.25) is 10.8 Å². The Bertz CT molecular complexity index is 2740. The molecule has 0 spiro atoms. The Morgan fingerprint density at radius 3 is 0.579 bits per heavy atom. The van der Waals surface area contributed by atoms with Crippen LogP contribution in [-0.4, -0.2) is 4.70 Å². The minimum absolute atomic E-state index is 0.926. The van der Waals surface area contributed by atoms with Gasteiger partial charge in [-0.1, -0.05) is 516 Å². The van der Waals surface area contributed by atoms with Gasteiger partial charge >= 0.3 is 166 Å². The molecule has 0 fully saturated rings. The molecule has 1 heterocycles. The first-order chi connectivity index (χ1) is 65.9. The normalized spacial score (nSPS) is 12.3. The predicted octanol–water partition coefficient (Wildman–Crippen LogP) is 47.3. The third kappa shape index (κ3) is 80.8. The second-order valence-electron chi connectivity index (χ2n) is 43.3. The predicted molar refractivity (Wildman–Crippen MR) is 600 cm³/mol. The molecule has 0 aromatic heterocycles. The molecule has 778 valence electrons. The summed E-state index contributed by atoms with van der Waals surface area (Å²) in [5, 5.41) is 2.87. The Labute approximate surface area is 844 Å². The van der Waals surface area contributed by atoms with Crippen molar-refractivity contribution in [3.05, 3.63) is 86.5 Å². The number of rotatable bonds is 105. The smallest absolute Gasteiger partial charge is 0.0654 e. The van der Waals surface area contributed by atoms with E-state index in [9.17, 15) is 5.53 Å². The van der Waals surface area contributed by atoms with Crippen LogP contribution in [0.15, 0.2) is 47.5 Å². The summed E-state index contributed by atoms with van der Waals surface area (Å²) < 4.78 is 1.65. The molecule has 1 aliphatic rings. The van der Waals surface area contributed by atoms with Crippen LogP contribution in [0.5, 0.6) is 0 Å². The van der Waals surface area contributed by atoms with Crippen molar-refractivity contribution >= 4 is 11.4 Å². The zero-order chi connectivity index (χ0) is 95.3. The Morgan fingerprint density at radius 1 is 0.188 bits per heavy atom. The summed E-state index contributed by atoms with van der Waals surface area (Å²) >= 11 is 2.05. The summed E-state index contributed by atoms with van der Waals surface area (Å²) in [6.07, 6.45) is 143. The molecule has 0 atom stereocenters. The first-order valence-electron chi connectivity index (χ1n) is 62.1. The van der Waals surface area contributed by atoms with E-state index in [4.69, 9.17) is 0 Å². The second kappa shape index (κ2) is 104. The summed E-state index contributed by atoms with van der Waals surface area (Å²) in [6.45, 7) is 18.5. The van der Waals surface area contributed by atoms with Crippen LogP contribution in [0.1, 0.15) is 718 Å². The molecular weight excluding hydrogens is 1650 g/mol. The first-order valence-corrected chi connectivity index (χ1v) is 63.5. The van der Waals surface area contributed by atoms with E-state index in [2.05, 4.69) is 118 Å². The van der Waals surface area contributed by atoms with Gasteiger partial charge in [0.05, 0.1) is 0 Å². The van der Waals surface area contributed by atoms with Crippen molar-refractivity contribution in [2.45, 2.75) is 721 Å². The van der Waals surface area contributed by atoms with Crippen LogP contribution in [0, 0.1) is 11.8 Å². The number of hydrogen-bond donors (Lipinski definition) is 0. The van der Waals surface area contributed by atoms with Crippen molar-refractivity contribution < 1.29 is 19.1 Å². The number of nitrogens with zero attached hydrogens (tertiary/aromatic N) is 2. The van der Waals surface area contributed by atoms with Gasteiger partial charge in [0.1, 0.15) is 5.57 Å². The van der Waals surface area contributed by atoms with Crippen molar-refractivity contribution in [2.24, 2.45) is 0 Å². The van der Waals surface area contributed by atoms with Crippen molar-refractivity contribution in [3.8, 4) is 11.8 Å². The third-order valence-corrected chi connectivity index (χ3v) is 31.4. The van der Waals surface area contributed by atoms with Crippen LogP contribution in [0.25, 0.3) is 16.9 Å². The molecule has 3 rings (SSSR count). The maximum atomic E-state index is 13.0. The third-order valence-electron chi connectivity index (χ3n) is 30.0. The summed E-state index contributed by atoms with van der Waals surface area (Å²) in [7, 11) is 0. The van der Waals surface area contributed by atoms with Crippen LogP contribution >= 0.6 is 0 Å². The zero-order valence-corrected chi connectivity index (χ0v) is 93.2. The molecule has 0 bridgehead atoms. The molecule has 3 heteroatoms. The van der Waals surface area contributed by atoms with Crippen LogP contribution < -0.4 is 0 Å². The number of aryl methyl sites for hydroxylation is 4. The van der Waals surface area contributed by atoms with Gasteiger partial charge in [-0.05, 0) is 117 Å². The molecular formula is C130H238N2Ni. The minimum Gasteiger partial charge on any atom is -0.0654 e. The average molecular weight is 1890 g/mol. The average Bonchev–Trinajstić information content (AvgIpc) is 1.60. The Hall–Kier alpha value is -2.43.